The van der Waals surface area contributed by atoms with Crippen molar-refractivity contribution >= 4 is 17.6 Å². The summed E-state index contributed by atoms with van der Waals surface area (Å²) in [5.41, 5.74) is 5.52. The summed E-state index contributed by atoms with van der Waals surface area (Å²) in [6.07, 6.45) is 1.17. The number of nitrogens with two attached hydrogens (primary N) is 1. The molecule has 18 heavy (non-hydrogen) atoms. The maximum absolute atomic E-state index is 11.9. The Morgan fingerprint density at radius 1 is 1.28 bits per heavy atom. The van der Waals surface area contributed by atoms with E-state index in [0.717, 1.165) is 0 Å². The number of anilines is 1. The molecule has 0 unspecified atom stereocenters. The van der Waals surface area contributed by atoms with Crippen LogP contribution in [0.4, 0.5) is 10.5 Å². The topological polar surface area (TPSA) is 91.0 Å². The highest BCUT2D eigenvalue weighted by molar-refractivity contribution is 5.96. The van der Waals surface area contributed by atoms with Crippen LogP contribution in [0.15, 0.2) is 30.3 Å². The molecule has 0 atom stereocenters. The molecule has 5 N–H and O–H groups in total. The second kappa shape index (κ2) is 6.05. The fourth-order valence-electron chi connectivity index (χ4n) is 1.78. The van der Waals surface area contributed by atoms with E-state index in [1.807, 2.05) is 32.0 Å². The SMILES string of the molecule is CCC(CC)(NC(=O)Nc1ccccc1)C(=N)N. The molecular weight excluding hydrogens is 228 g/mol. The van der Waals surface area contributed by atoms with Crippen LogP contribution in [0, 0.1) is 5.41 Å². The minimum atomic E-state index is -0.765. The molecule has 0 aliphatic rings. The monoisotopic (exact) mass is 248 g/mol. The van der Waals surface area contributed by atoms with Crippen molar-refractivity contribution in [3.05, 3.63) is 30.3 Å². The van der Waals surface area contributed by atoms with E-state index in [1.165, 1.54) is 0 Å². The minimum absolute atomic E-state index is 0.0179. The summed E-state index contributed by atoms with van der Waals surface area (Å²) < 4.78 is 0. The Morgan fingerprint density at radius 3 is 2.28 bits per heavy atom. The summed E-state index contributed by atoms with van der Waals surface area (Å²) in [4.78, 5) is 11.9. The van der Waals surface area contributed by atoms with Crippen molar-refractivity contribution in [2.75, 3.05) is 5.32 Å². The number of amides is 2. The molecule has 0 radical (unpaired) electrons. The van der Waals surface area contributed by atoms with E-state index in [1.54, 1.807) is 12.1 Å². The van der Waals surface area contributed by atoms with E-state index in [9.17, 15) is 4.79 Å². The first kappa shape index (κ1) is 14.0. The van der Waals surface area contributed by atoms with Gasteiger partial charge in [0.25, 0.3) is 0 Å². The van der Waals surface area contributed by atoms with Crippen LogP contribution in [0.3, 0.4) is 0 Å². The molecule has 1 aromatic rings. The highest BCUT2D eigenvalue weighted by Gasteiger charge is 2.31. The van der Waals surface area contributed by atoms with Crippen molar-refractivity contribution in [3.63, 3.8) is 0 Å². The number of urea groups is 1. The van der Waals surface area contributed by atoms with Gasteiger partial charge in [0, 0.05) is 5.69 Å². The molecule has 0 aliphatic carbocycles. The lowest BCUT2D eigenvalue weighted by Crippen LogP contribution is -2.57. The lowest BCUT2D eigenvalue weighted by molar-refractivity contribution is 0.243. The normalized spacial score (nSPS) is 10.8. The third-order valence-corrected chi connectivity index (χ3v) is 3.11. The Bertz CT molecular complexity index is 412. The van der Waals surface area contributed by atoms with E-state index in [-0.39, 0.29) is 11.9 Å². The van der Waals surface area contributed by atoms with Gasteiger partial charge < -0.3 is 16.4 Å². The summed E-state index contributed by atoms with van der Waals surface area (Å²) >= 11 is 0. The van der Waals surface area contributed by atoms with Gasteiger partial charge in [-0.15, -0.1) is 0 Å². The molecule has 0 saturated heterocycles. The molecule has 2 amide bonds. The van der Waals surface area contributed by atoms with Crippen LogP contribution in [0.25, 0.3) is 0 Å². The first-order valence-electron chi connectivity index (χ1n) is 6.02. The van der Waals surface area contributed by atoms with Crippen LogP contribution in [-0.2, 0) is 0 Å². The Kier molecular flexibility index (Phi) is 4.71. The molecule has 0 bridgehead atoms. The molecule has 98 valence electrons. The zero-order valence-corrected chi connectivity index (χ0v) is 10.8. The molecule has 1 aromatic carbocycles. The van der Waals surface area contributed by atoms with Gasteiger partial charge >= 0.3 is 6.03 Å². The summed E-state index contributed by atoms with van der Waals surface area (Å²) in [5.74, 6) is -0.0179. The van der Waals surface area contributed by atoms with Crippen molar-refractivity contribution in [1.29, 1.82) is 5.41 Å². The predicted molar refractivity (Wildman–Crippen MR) is 73.8 cm³/mol. The molecule has 5 heteroatoms. The van der Waals surface area contributed by atoms with Crippen LogP contribution >= 0.6 is 0 Å². The minimum Gasteiger partial charge on any atom is -0.386 e. The van der Waals surface area contributed by atoms with Gasteiger partial charge in [0.1, 0.15) is 5.84 Å². The van der Waals surface area contributed by atoms with E-state index < -0.39 is 5.54 Å². The van der Waals surface area contributed by atoms with Gasteiger partial charge in [-0.25, -0.2) is 4.79 Å². The average Bonchev–Trinajstić information content (AvgIpc) is 2.37. The second-order valence-electron chi connectivity index (χ2n) is 4.15. The van der Waals surface area contributed by atoms with Crippen LogP contribution in [0.1, 0.15) is 26.7 Å². The van der Waals surface area contributed by atoms with Gasteiger partial charge in [0.15, 0.2) is 0 Å². The van der Waals surface area contributed by atoms with Crippen LogP contribution in [-0.4, -0.2) is 17.4 Å². The van der Waals surface area contributed by atoms with Gasteiger partial charge in [0.05, 0.1) is 5.54 Å². The Balaban J connectivity index is 2.71. The predicted octanol–water partition coefficient (Wildman–Crippen LogP) is 2.30. The largest absolute Gasteiger partial charge is 0.386 e. The third kappa shape index (κ3) is 3.23. The standard InChI is InChI=1S/C13H20N4O/c1-3-13(4-2,11(14)15)17-12(18)16-10-8-6-5-7-9-10/h5-9H,3-4H2,1-2H3,(H3,14,15)(H2,16,17,18). The van der Waals surface area contributed by atoms with Gasteiger partial charge in [-0.2, -0.15) is 0 Å². The van der Waals surface area contributed by atoms with Gasteiger partial charge in [-0.05, 0) is 25.0 Å². The first-order chi connectivity index (χ1) is 8.54. The van der Waals surface area contributed by atoms with Crippen molar-refractivity contribution in [3.8, 4) is 0 Å². The molecule has 0 spiro atoms. The maximum Gasteiger partial charge on any atom is 0.320 e. The van der Waals surface area contributed by atoms with Crippen molar-refractivity contribution in [2.24, 2.45) is 5.73 Å². The first-order valence-corrected chi connectivity index (χ1v) is 6.02. The summed E-state index contributed by atoms with van der Waals surface area (Å²) in [5, 5.41) is 13.1. The number of hydrogen-bond acceptors (Lipinski definition) is 2. The molecule has 0 fully saturated rings. The number of benzene rings is 1. The average molecular weight is 248 g/mol. The zero-order chi connectivity index (χ0) is 13.6. The van der Waals surface area contributed by atoms with Gasteiger partial charge in [-0.3, -0.25) is 5.41 Å². The summed E-state index contributed by atoms with van der Waals surface area (Å²) in [6, 6.07) is 8.81. The Labute approximate surface area is 107 Å². The van der Waals surface area contributed by atoms with Crippen LogP contribution in [0.2, 0.25) is 0 Å². The van der Waals surface area contributed by atoms with Gasteiger partial charge in [0.2, 0.25) is 0 Å². The Hall–Kier alpha value is -2.04. The second-order valence-corrected chi connectivity index (χ2v) is 4.15. The number of carbonyl (C=O) groups is 1. The lowest BCUT2D eigenvalue weighted by Gasteiger charge is -2.31. The quantitative estimate of drug-likeness (QED) is 0.475. The maximum atomic E-state index is 11.9. The molecule has 1 rings (SSSR count). The number of nitrogens with one attached hydrogen (secondary N) is 3. The summed E-state index contributed by atoms with van der Waals surface area (Å²) in [6.45, 7) is 3.79. The van der Waals surface area contributed by atoms with Crippen molar-refractivity contribution < 1.29 is 4.79 Å². The van der Waals surface area contributed by atoms with Crippen molar-refractivity contribution in [2.45, 2.75) is 32.2 Å². The molecule has 0 aromatic heterocycles. The highest BCUT2D eigenvalue weighted by Crippen LogP contribution is 2.15. The molecular formula is C13H20N4O. The number of rotatable bonds is 5. The fourth-order valence-corrected chi connectivity index (χ4v) is 1.78. The smallest absolute Gasteiger partial charge is 0.320 e. The molecule has 0 heterocycles. The number of amidine groups is 1. The fraction of sp³-hybridized carbons (Fsp3) is 0.385. The van der Waals surface area contributed by atoms with Crippen molar-refractivity contribution in [1.82, 2.24) is 5.32 Å². The van der Waals surface area contributed by atoms with E-state index in [4.69, 9.17) is 11.1 Å². The van der Waals surface area contributed by atoms with Crippen LogP contribution in [0.5, 0.6) is 0 Å². The molecule has 0 aliphatic heterocycles. The van der Waals surface area contributed by atoms with E-state index in [2.05, 4.69) is 10.6 Å². The number of carbonyl (C=O) groups excluding carboxylic acids is 1. The third-order valence-electron chi connectivity index (χ3n) is 3.11. The zero-order valence-electron chi connectivity index (χ0n) is 10.8. The van der Waals surface area contributed by atoms with Crippen LogP contribution < -0.4 is 16.4 Å². The Morgan fingerprint density at radius 2 is 1.83 bits per heavy atom. The van der Waals surface area contributed by atoms with E-state index >= 15 is 0 Å². The van der Waals surface area contributed by atoms with Gasteiger partial charge in [-0.1, -0.05) is 32.0 Å². The number of para-hydroxylation sites is 1. The van der Waals surface area contributed by atoms with E-state index in [0.29, 0.717) is 18.5 Å². The highest BCUT2D eigenvalue weighted by atomic mass is 16.2. The molecule has 0 saturated carbocycles. The number of hydrogen-bond donors (Lipinski definition) is 4. The summed E-state index contributed by atoms with van der Waals surface area (Å²) in [7, 11) is 0. The lowest BCUT2D eigenvalue weighted by atomic mass is 9.92. The molecule has 5 nitrogen and oxygen atoms in total.